The van der Waals surface area contributed by atoms with Crippen LogP contribution in [-0.2, 0) is 26.1 Å². The minimum Gasteiger partial charge on any atom is -0.349 e. The number of rotatable bonds is 3. The first-order valence-corrected chi connectivity index (χ1v) is 11.3. The van der Waals surface area contributed by atoms with Gasteiger partial charge in [-0.15, -0.1) is 0 Å². The minimum atomic E-state index is -4.41. The van der Waals surface area contributed by atoms with Crippen LogP contribution in [-0.4, -0.2) is 36.5 Å². The highest BCUT2D eigenvalue weighted by Gasteiger charge is 2.30. The molecule has 7 nitrogen and oxygen atoms in total. The van der Waals surface area contributed by atoms with Crippen LogP contribution in [0.5, 0.6) is 0 Å². The lowest BCUT2D eigenvalue weighted by molar-refractivity contribution is -0.137. The summed E-state index contributed by atoms with van der Waals surface area (Å²) in [5.41, 5.74) is 4.00. The molecule has 5 aromatic rings. The maximum atomic E-state index is 13.1. The van der Waals surface area contributed by atoms with Crippen LogP contribution in [0, 0.1) is 0 Å². The van der Waals surface area contributed by atoms with Crippen LogP contribution in [0.3, 0.4) is 0 Å². The molecule has 178 valence electrons. The Morgan fingerprint density at radius 3 is 2.71 bits per heavy atom. The predicted molar refractivity (Wildman–Crippen MR) is 124 cm³/mol. The third-order valence-corrected chi connectivity index (χ3v) is 6.62. The molecule has 1 amide bonds. The molecule has 0 aliphatic heterocycles. The molecule has 35 heavy (non-hydrogen) atoms. The Morgan fingerprint density at radius 1 is 1.14 bits per heavy atom. The Morgan fingerprint density at radius 2 is 1.94 bits per heavy atom. The van der Waals surface area contributed by atoms with Gasteiger partial charge in [0, 0.05) is 53.4 Å². The molecule has 2 N–H and O–H groups in total. The second-order valence-electron chi connectivity index (χ2n) is 8.94. The number of fused-ring (bicyclic) bond motifs is 4. The van der Waals surface area contributed by atoms with Crippen LogP contribution in [0.4, 0.5) is 13.2 Å². The quantitative estimate of drug-likeness (QED) is 0.399. The van der Waals surface area contributed by atoms with Crippen LogP contribution in [0.25, 0.3) is 27.6 Å². The number of benzene rings is 2. The van der Waals surface area contributed by atoms with Gasteiger partial charge in [-0.1, -0.05) is 0 Å². The molecule has 1 aliphatic carbocycles. The molecule has 0 saturated carbocycles. The van der Waals surface area contributed by atoms with Gasteiger partial charge in [0.1, 0.15) is 0 Å². The zero-order valence-corrected chi connectivity index (χ0v) is 18.7. The number of aromatic nitrogens is 5. The number of amides is 1. The first-order valence-electron chi connectivity index (χ1n) is 11.3. The van der Waals surface area contributed by atoms with Crippen molar-refractivity contribution in [2.75, 3.05) is 0 Å². The zero-order chi connectivity index (χ0) is 24.3. The van der Waals surface area contributed by atoms with E-state index in [1.165, 1.54) is 17.7 Å². The molecule has 1 aliphatic rings. The smallest absolute Gasteiger partial charge is 0.349 e. The first-order chi connectivity index (χ1) is 16.8. The van der Waals surface area contributed by atoms with Gasteiger partial charge in [0.15, 0.2) is 5.65 Å². The highest BCUT2D eigenvalue weighted by atomic mass is 19.4. The number of carbonyl (C=O) groups excluding carboxylic acids is 1. The van der Waals surface area contributed by atoms with Gasteiger partial charge >= 0.3 is 6.18 Å². The van der Waals surface area contributed by atoms with E-state index in [-0.39, 0.29) is 11.9 Å². The summed E-state index contributed by atoms with van der Waals surface area (Å²) < 4.78 is 42.6. The van der Waals surface area contributed by atoms with E-state index in [1.54, 1.807) is 17.8 Å². The third kappa shape index (κ3) is 3.65. The fourth-order valence-corrected chi connectivity index (χ4v) is 4.89. The van der Waals surface area contributed by atoms with Crippen molar-refractivity contribution in [3.8, 4) is 5.69 Å². The standard InChI is InChI=1S/C25H21F3N6O/c1-33-13-20-19-10-14(24(35)30-17-6-2-15-12-29-31-21(15)11-17)3-9-22(19)34(23(20)32-33)18-7-4-16(5-8-18)25(26,27)28/h3-5,7-10,12-13,17H,2,6,11H2,1H3,(H,29,31)(H,30,35). The fraction of sp³-hybridized carbons (Fsp3) is 0.240. The van der Waals surface area contributed by atoms with Gasteiger partial charge in [0.05, 0.1) is 17.3 Å². The van der Waals surface area contributed by atoms with Crippen LogP contribution in [0.2, 0.25) is 0 Å². The van der Waals surface area contributed by atoms with Gasteiger partial charge in [-0.2, -0.15) is 23.4 Å². The van der Waals surface area contributed by atoms with Crippen LogP contribution < -0.4 is 5.32 Å². The van der Waals surface area contributed by atoms with Crippen molar-refractivity contribution in [1.82, 2.24) is 29.9 Å². The number of hydrogen-bond acceptors (Lipinski definition) is 3. The van der Waals surface area contributed by atoms with E-state index in [2.05, 4.69) is 20.6 Å². The highest BCUT2D eigenvalue weighted by Crippen LogP contribution is 2.34. The number of hydrogen-bond donors (Lipinski definition) is 2. The molecular weight excluding hydrogens is 457 g/mol. The number of halogens is 3. The normalized spacial score (nSPS) is 16.1. The van der Waals surface area contributed by atoms with E-state index < -0.39 is 11.7 Å². The number of aromatic amines is 1. The summed E-state index contributed by atoms with van der Waals surface area (Å²) >= 11 is 0. The van der Waals surface area contributed by atoms with E-state index in [0.717, 1.165) is 47.0 Å². The molecule has 3 heterocycles. The number of H-pyrrole nitrogens is 1. The van der Waals surface area contributed by atoms with Crippen LogP contribution in [0.1, 0.15) is 33.6 Å². The molecule has 0 saturated heterocycles. The van der Waals surface area contributed by atoms with Crippen molar-refractivity contribution in [3.05, 3.63) is 77.2 Å². The lowest BCUT2D eigenvalue weighted by atomic mass is 9.93. The third-order valence-electron chi connectivity index (χ3n) is 6.62. The van der Waals surface area contributed by atoms with Crippen molar-refractivity contribution < 1.29 is 18.0 Å². The molecule has 10 heteroatoms. The molecule has 0 radical (unpaired) electrons. The van der Waals surface area contributed by atoms with E-state index in [0.29, 0.717) is 23.3 Å². The largest absolute Gasteiger partial charge is 0.416 e. The molecule has 1 unspecified atom stereocenters. The average molecular weight is 478 g/mol. The lowest BCUT2D eigenvalue weighted by Gasteiger charge is -2.22. The number of aryl methyl sites for hydroxylation is 2. The molecule has 1 atom stereocenters. The van der Waals surface area contributed by atoms with Crippen molar-refractivity contribution in [2.24, 2.45) is 7.05 Å². The van der Waals surface area contributed by atoms with Crippen molar-refractivity contribution >= 4 is 27.8 Å². The lowest BCUT2D eigenvalue weighted by Crippen LogP contribution is -2.38. The van der Waals surface area contributed by atoms with Crippen LogP contribution >= 0.6 is 0 Å². The van der Waals surface area contributed by atoms with Gasteiger partial charge in [-0.05, 0) is 60.9 Å². The Labute approximate surface area is 197 Å². The molecule has 0 bridgehead atoms. The molecule has 0 fully saturated rings. The van der Waals surface area contributed by atoms with Gasteiger partial charge in [-0.25, -0.2) is 0 Å². The Balaban J connectivity index is 1.36. The Hall–Kier alpha value is -4.08. The summed E-state index contributed by atoms with van der Waals surface area (Å²) in [6.07, 6.45) is 1.69. The monoisotopic (exact) mass is 478 g/mol. The number of nitrogens with one attached hydrogen (secondary N) is 2. The van der Waals surface area contributed by atoms with Crippen LogP contribution in [0.15, 0.2) is 54.9 Å². The van der Waals surface area contributed by atoms with Gasteiger partial charge in [0.2, 0.25) is 0 Å². The summed E-state index contributed by atoms with van der Waals surface area (Å²) in [6, 6.07) is 10.4. The molecule has 3 aromatic heterocycles. The fourth-order valence-electron chi connectivity index (χ4n) is 4.89. The number of alkyl halides is 3. The number of carbonyl (C=O) groups is 1. The van der Waals surface area contributed by atoms with E-state index >= 15 is 0 Å². The zero-order valence-electron chi connectivity index (χ0n) is 18.7. The molecule has 6 rings (SSSR count). The van der Waals surface area contributed by atoms with Crippen molar-refractivity contribution in [3.63, 3.8) is 0 Å². The second kappa shape index (κ2) is 7.72. The summed E-state index contributed by atoms with van der Waals surface area (Å²) in [5, 5.41) is 16.4. The Kier molecular flexibility index (Phi) is 4.73. The van der Waals surface area contributed by atoms with Gasteiger partial charge < -0.3 is 5.32 Å². The highest BCUT2D eigenvalue weighted by molar-refractivity contribution is 6.10. The van der Waals surface area contributed by atoms with E-state index in [9.17, 15) is 18.0 Å². The second-order valence-corrected chi connectivity index (χ2v) is 8.94. The summed E-state index contributed by atoms with van der Waals surface area (Å²) in [5.74, 6) is -0.167. The molecule has 0 spiro atoms. The Bertz CT molecular complexity index is 1570. The summed E-state index contributed by atoms with van der Waals surface area (Å²) in [4.78, 5) is 13.1. The molecular formula is C25H21F3N6O. The average Bonchev–Trinajstić information content (AvgIpc) is 3.51. The SMILES string of the molecule is Cn1cc2c3cc(C(=O)NC4CCc5cn[nH]c5C4)ccc3n(-c3ccc(C(F)(F)F)cc3)c2n1. The summed E-state index contributed by atoms with van der Waals surface area (Å²) in [7, 11) is 1.78. The van der Waals surface area contributed by atoms with Gasteiger partial charge in [0.25, 0.3) is 5.91 Å². The van der Waals surface area contributed by atoms with E-state index in [4.69, 9.17) is 0 Å². The summed E-state index contributed by atoms with van der Waals surface area (Å²) in [6.45, 7) is 0. The first kappa shape index (κ1) is 21.5. The minimum absolute atomic E-state index is 0.0151. The maximum absolute atomic E-state index is 13.1. The molecule has 2 aromatic carbocycles. The van der Waals surface area contributed by atoms with E-state index in [1.807, 2.05) is 29.1 Å². The predicted octanol–water partition coefficient (Wildman–Crippen LogP) is 4.55. The topological polar surface area (TPSA) is 80.5 Å². The van der Waals surface area contributed by atoms with Crippen molar-refractivity contribution in [1.29, 1.82) is 0 Å². The number of nitrogens with zero attached hydrogens (tertiary/aromatic N) is 4. The maximum Gasteiger partial charge on any atom is 0.416 e. The van der Waals surface area contributed by atoms with Gasteiger partial charge in [-0.3, -0.25) is 19.1 Å². The van der Waals surface area contributed by atoms with Crippen molar-refractivity contribution in [2.45, 2.75) is 31.5 Å².